The normalized spacial score (nSPS) is 16.9. The van der Waals surface area contributed by atoms with Gasteiger partial charge in [-0.05, 0) is 49.5 Å². The number of nitrogens with one attached hydrogen (secondary N) is 2. The molecule has 1 aromatic rings. The van der Waals surface area contributed by atoms with Gasteiger partial charge in [-0.25, -0.2) is 4.98 Å². The number of aromatic nitrogens is 1. The van der Waals surface area contributed by atoms with Gasteiger partial charge >= 0.3 is 0 Å². The fraction of sp³-hybridized carbons (Fsp3) is 0.714. The van der Waals surface area contributed by atoms with Crippen LogP contribution in [0.15, 0.2) is 23.3 Å². The Balaban J connectivity index is 0.00000392. The summed E-state index contributed by atoms with van der Waals surface area (Å²) in [5, 5.41) is 6.98. The van der Waals surface area contributed by atoms with Gasteiger partial charge < -0.3 is 15.5 Å². The first-order chi connectivity index (χ1) is 13.0. The minimum absolute atomic E-state index is 0. The van der Waals surface area contributed by atoms with Crippen molar-refractivity contribution in [1.29, 1.82) is 0 Å². The molecule has 0 spiro atoms. The Hall–Kier alpha value is -1.09. The lowest BCUT2D eigenvalue weighted by Crippen LogP contribution is -2.49. The minimum Gasteiger partial charge on any atom is -0.363 e. The molecule has 1 unspecified atom stereocenters. The Morgan fingerprint density at radius 2 is 1.86 bits per heavy atom. The number of aliphatic imine (C=N–C) groups is 1. The summed E-state index contributed by atoms with van der Waals surface area (Å²) in [5.74, 6) is 2.45. The van der Waals surface area contributed by atoms with Gasteiger partial charge in [-0.1, -0.05) is 26.7 Å². The maximum atomic E-state index is 4.41. The standard InChI is InChI=1S/C21H38N6.HI/c1-17(2)19(27-12-8-6-7-9-13-27)16-25-21(22-3)24-15-18-10-11-23-20(14-18)26(4)5;/h10-11,14,17,19H,6-9,12-13,15-16H2,1-5H3,(H2,22,24,25);1H. The summed E-state index contributed by atoms with van der Waals surface area (Å²) < 4.78 is 0. The van der Waals surface area contributed by atoms with Gasteiger partial charge in [0.05, 0.1) is 0 Å². The van der Waals surface area contributed by atoms with Gasteiger partial charge in [0.15, 0.2) is 5.96 Å². The van der Waals surface area contributed by atoms with E-state index in [4.69, 9.17) is 0 Å². The first-order valence-corrected chi connectivity index (χ1v) is 10.3. The molecule has 6 nitrogen and oxygen atoms in total. The fourth-order valence-corrected chi connectivity index (χ4v) is 3.64. The second kappa shape index (κ2) is 13.2. The van der Waals surface area contributed by atoms with Crippen molar-refractivity contribution in [2.75, 3.05) is 45.7 Å². The van der Waals surface area contributed by atoms with E-state index in [-0.39, 0.29) is 24.0 Å². The van der Waals surface area contributed by atoms with Crippen LogP contribution in [0.3, 0.4) is 0 Å². The zero-order valence-corrected chi connectivity index (χ0v) is 20.6. The van der Waals surface area contributed by atoms with Crippen molar-refractivity contribution >= 4 is 35.8 Å². The van der Waals surface area contributed by atoms with E-state index in [0.29, 0.717) is 12.0 Å². The van der Waals surface area contributed by atoms with Gasteiger partial charge in [-0.15, -0.1) is 24.0 Å². The largest absolute Gasteiger partial charge is 0.363 e. The molecule has 0 aliphatic carbocycles. The van der Waals surface area contributed by atoms with Crippen LogP contribution in [0.5, 0.6) is 0 Å². The third kappa shape index (κ3) is 8.11. The molecule has 0 amide bonds. The molecule has 7 heteroatoms. The number of pyridine rings is 1. The van der Waals surface area contributed by atoms with Crippen molar-refractivity contribution in [3.8, 4) is 0 Å². The lowest BCUT2D eigenvalue weighted by Gasteiger charge is -2.34. The molecule has 2 N–H and O–H groups in total. The number of guanidine groups is 1. The van der Waals surface area contributed by atoms with Crippen LogP contribution in [0.4, 0.5) is 5.82 Å². The van der Waals surface area contributed by atoms with Crippen LogP contribution in [0.1, 0.15) is 45.1 Å². The van der Waals surface area contributed by atoms with E-state index < -0.39 is 0 Å². The van der Waals surface area contributed by atoms with Gasteiger partial charge in [0.2, 0.25) is 0 Å². The highest BCUT2D eigenvalue weighted by Gasteiger charge is 2.22. The van der Waals surface area contributed by atoms with Crippen molar-refractivity contribution in [2.45, 2.75) is 52.1 Å². The molecule has 1 aromatic heterocycles. The Kier molecular flexibility index (Phi) is 11.8. The zero-order chi connectivity index (χ0) is 19.6. The molecule has 160 valence electrons. The SMILES string of the molecule is CN=C(NCc1ccnc(N(C)C)c1)NCC(C(C)C)N1CCCCCC1.I. The van der Waals surface area contributed by atoms with Crippen molar-refractivity contribution in [3.05, 3.63) is 23.9 Å². The number of hydrogen-bond acceptors (Lipinski definition) is 4. The maximum absolute atomic E-state index is 4.41. The van der Waals surface area contributed by atoms with Crippen LogP contribution in [0.25, 0.3) is 0 Å². The van der Waals surface area contributed by atoms with Crippen LogP contribution < -0.4 is 15.5 Å². The third-order valence-electron chi connectivity index (χ3n) is 5.31. The van der Waals surface area contributed by atoms with Crippen molar-refractivity contribution in [1.82, 2.24) is 20.5 Å². The molecule has 0 aromatic carbocycles. The van der Waals surface area contributed by atoms with Gasteiger partial charge in [0, 0.05) is 46.5 Å². The van der Waals surface area contributed by atoms with E-state index in [9.17, 15) is 0 Å². The van der Waals surface area contributed by atoms with E-state index in [1.807, 2.05) is 38.3 Å². The fourth-order valence-electron chi connectivity index (χ4n) is 3.64. The molecule has 28 heavy (non-hydrogen) atoms. The lowest BCUT2D eigenvalue weighted by atomic mass is 10.0. The number of halogens is 1. The first kappa shape index (κ1) is 24.9. The number of rotatable bonds is 7. The molecule has 1 aliphatic rings. The highest BCUT2D eigenvalue weighted by molar-refractivity contribution is 14.0. The topological polar surface area (TPSA) is 55.8 Å². The van der Waals surface area contributed by atoms with E-state index in [1.54, 1.807) is 0 Å². The quantitative estimate of drug-likeness (QED) is 0.341. The van der Waals surface area contributed by atoms with E-state index >= 15 is 0 Å². The van der Waals surface area contributed by atoms with Gasteiger partial charge in [0.1, 0.15) is 5.82 Å². The Labute approximate surface area is 188 Å². The molecule has 2 heterocycles. The van der Waals surface area contributed by atoms with Crippen LogP contribution in [0, 0.1) is 5.92 Å². The molecule has 1 atom stereocenters. The van der Waals surface area contributed by atoms with Crippen molar-refractivity contribution in [3.63, 3.8) is 0 Å². The van der Waals surface area contributed by atoms with Crippen molar-refractivity contribution < 1.29 is 0 Å². The summed E-state index contributed by atoms with van der Waals surface area (Å²) in [6.45, 7) is 8.76. The number of anilines is 1. The van der Waals surface area contributed by atoms with Gasteiger partial charge in [-0.2, -0.15) is 0 Å². The average molecular weight is 502 g/mol. The summed E-state index contributed by atoms with van der Waals surface area (Å²) in [6.07, 6.45) is 7.26. The highest BCUT2D eigenvalue weighted by atomic mass is 127. The summed E-state index contributed by atoms with van der Waals surface area (Å²) >= 11 is 0. The summed E-state index contributed by atoms with van der Waals surface area (Å²) in [6, 6.07) is 4.69. The minimum atomic E-state index is 0. The lowest BCUT2D eigenvalue weighted by molar-refractivity contribution is 0.161. The predicted molar refractivity (Wildman–Crippen MR) is 131 cm³/mol. The summed E-state index contributed by atoms with van der Waals surface area (Å²) in [7, 11) is 5.85. The molecule has 1 aliphatic heterocycles. The number of hydrogen-bond donors (Lipinski definition) is 2. The van der Waals surface area contributed by atoms with E-state index in [1.165, 1.54) is 44.3 Å². The Morgan fingerprint density at radius 3 is 2.43 bits per heavy atom. The second-order valence-corrected chi connectivity index (χ2v) is 7.98. The Morgan fingerprint density at radius 1 is 1.18 bits per heavy atom. The van der Waals surface area contributed by atoms with Crippen LogP contribution in [-0.2, 0) is 6.54 Å². The second-order valence-electron chi connectivity index (χ2n) is 7.98. The molecule has 0 bridgehead atoms. The maximum Gasteiger partial charge on any atom is 0.191 e. The number of likely N-dealkylation sites (tertiary alicyclic amines) is 1. The smallest absolute Gasteiger partial charge is 0.191 e. The Bertz CT molecular complexity index is 582. The predicted octanol–water partition coefficient (Wildman–Crippen LogP) is 3.33. The third-order valence-corrected chi connectivity index (χ3v) is 5.31. The molecule has 1 saturated heterocycles. The van der Waals surface area contributed by atoms with E-state index in [0.717, 1.165) is 24.9 Å². The monoisotopic (exact) mass is 502 g/mol. The number of nitrogens with zero attached hydrogens (tertiary/aromatic N) is 4. The first-order valence-electron chi connectivity index (χ1n) is 10.3. The molecular formula is C21H39IN6. The molecular weight excluding hydrogens is 463 g/mol. The molecule has 2 rings (SSSR count). The molecule has 1 fully saturated rings. The van der Waals surface area contributed by atoms with Crippen LogP contribution in [0.2, 0.25) is 0 Å². The molecule has 0 saturated carbocycles. The van der Waals surface area contributed by atoms with Crippen LogP contribution >= 0.6 is 24.0 Å². The van der Waals surface area contributed by atoms with E-state index in [2.05, 4.69) is 45.4 Å². The zero-order valence-electron chi connectivity index (χ0n) is 18.2. The summed E-state index contributed by atoms with van der Waals surface area (Å²) in [4.78, 5) is 13.5. The van der Waals surface area contributed by atoms with Gasteiger partial charge in [-0.3, -0.25) is 9.89 Å². The highest BCUT2D eigenvalue weighted by Crippen LogP contribution is 2.17. The van der Waals surface area contributed by atoms with Gasteiger partial charge in [0.25, 0.3) is 0 Å². The average Bonchev–Trinajstić information content (AvgIpc) is 2.93. The molecule has 0 radical (unpaired) electrons. The van der Waals surface area contributed by atoms with Crippen molar-refractivity contribution in [2.24, 2.45) is 10.9 Å². The summed E-state index contributed by atoms with van der Waals surface area (Å²) in [5.41, 5.74) is 1.20. The van der Waals surface area contributed by atoms with Crippen LogP contribution in [-0.4, -0.2) is 62.7 Å².